The van der Waals surface area contributed by atoms with E-state index in [0.717, 1.165) is 11.8 Å². The maximum absolute atomic E-state index is 10.7. The number of hydrogen-bond acceptors (Lipinski definition) is 4. The molecule has 4 nitrogen and oxygen atoms in total. The van der Waals surface area contributed by atoms with E-state index in [1.807, 2.05) is 30.3 Å². The van der Waals surface area contributed by atoms with Gasteiger partial charge in [-0.1, -0.05) is 24.8 Å². The van der Waals surface area contributed by atoms with Crippen molar-refractivity contribution in [3.63, 3.8) is 0 Å². The van der Waals surface area contributed by atoms with Crippen LogP contribution in [0.3, 0.4) is 0 Å². The zero-order valence-corrected chi connectivity index (χ0v) is 9.48. The Balaban J connectivity index is 0.00000106. The molecule has 16 heavy (non-hydrogen) atoms. The van der Waals surface area contributed by atoms with Crippen LogP contribution in [0.1, 0.15) is 0 Å². The molecular formula is C12H18N2O2. The maximum atomic E-state index is 10.7. The highest BCUT2D eigenvalue weighted by molar-refractivity contribution is 5.81. The van der Waals surface area contributed by atoms with Gasteiger partial charge in [0.1, 0.15) is 6.61 Å². The molecule has 0 aliphatic carbocycles. The normalized spacial score (nSPS) is 8.38. The van der Waals surface area contributed by atoms with E-state index in [4.69, 9.17) is 4.74 Å². The quantitative estimate of drug-likeness (QED) is 0.449. The molecule has 0 amide bonds. The second-order valence-corrected chi connectivity index (χ2v) is 2.66. The number of anilines is 1. The summed E-state index contributed by atoms with van der Waals surface area (Å²) < 4.78 is 4.79. The van der Waals surface area contributed by atoms with Crippen LogP contribution in [-0.2, 0) is 9.53 Å². The van der Waals surface area contributed by atoms with Crippen molar-refractivity contribution in [1.82, 2.24) is 0 Å². The molecule has 0 radical (unpaired) electrons. The fourth-order valence-electron chi connectivity index (χ4n) is 0.962. The number of benzene rings is 1. The lowest BCUT2D eigenvalue weighted by Gasteiger charge is -2.05. The van der Waals surface area contributed by atoms with E-state index >= 15 is 0 Å². The van der Waals surface area contributed by atoms with Gasteiger partial charge in [0.2, 0.25) is 0 Å². The van der Waals surface area contributed by atoms with Crippen molar-refractivity contribution >= 4 is 11.7 Å². The standard InChI is InChI=1S/C11H13NO2.CH5N/c1-2-11(13)14-9-8-12-10-6-4-3-5-7-10;1-2/h2-7,12H,1,8-9H2;2H2,1H3. The Hall–Kier alpha value is -1.81. The highest BCUT2D eigenvalue weighted by Gasteiger charge is 1.94. The number of carbonyl (C=O) groups excluding carboxylic acids is 1. The van der Waals surface area contributed by atoms with E-state index in [0.29, 0.717) is 13.2 Å². The van der Waals surface area contributed by atoms with Crippen LogP contribution in [0, 0.1) is 0 Å². The summed E-state index contributed by atoms with van der Waals surface area (Å²) in [7, 11) is 1.50. The monoisotopic (exact) mass is 222 g/mol. The van der Waals surface area contributed by atoms with Crippen LogP contribution in [0.2, 0.25) is 0 Å². The summed E-state index contributed by atoms with van der Waals surface area (Å²) in [5, 5.41) is 3.11. The Kier molecular flexibility index (Phi) is 8.63. The van der Waals surface area contributed by atoms with E-state index in [9.17, 15) is 4.79 Å². The number of carbonyl (C=O) groups is 1. The number of nitrogens with two attached hydrogens (primary N) is 1. The SMILES string of the molecule is C=CC(=O)OCCNc1ccccc1.CN. The van der Waals surface area contributed by atoms with Gasteiger partial charge in [-0.2, -0.15) is 0 Å². The molecular weight excluding hydrogens is 204 g/mol. The molecule has 0 aliphatic rings. The largest absolute Gasteiger partial charge is 0.461 e. The van der Waals surface area contributed by atoms with Crippen molar-refractivity contribution < 1.29 is 9.53 Å². The van der Waals surface area contributed by atoms with Gasteiger partial charge in [-0.05, 0) is 19.2 Å². The fraction of sp³-hybridized carbons (Fsp3) is 0.250. The molecule has 0 bridgehead atoms. The molecule has 3 N–H and O–H groups in total. The number of para-hydroxylation sites is 1. The second kappa shape index (κ2) is 9.73. The molecule has 0 unspecified atom stereocenters. The summed E-state index contributed by atoms with van der Waals surface area (Å²) in [5.74, 6) is -0.389. The molecule has 0 atom stereocenters. The predicted molar refractivity (Wildman–Crippen MR) is 66.2 cm³/mol. The minimum atomic E-state index is -0.389. The Labute approximate surface area is 96.1 Å². The number of nitrogens with one attached hydrogen (secondary N) is 1. The first-order valence-electron chi connectivity index (χ1n) is 4.99. The first-order chi connectivity index (χ1) is 7.83. The smallest absolute Gasteiger partial charge is 0.330 e. The average molecular weight is 222 g/mol. The maximum Gasteiger partial charge on any atom is 0.330 e. The van der Waals surface area contributed by atoms with Gasteiger partial charge in [-0.3, -0.25) is 0 Å². The van der Waals surface area contributed by atoms with E-state index in [2.05, 4.69) is 17.6 Å². The number of esters is 1. The molecule has 0 heterocycles. The Morgan fingerprint density at radius 1 is 1.44 bits per heavy atom. The highest BCUT2D eigenvalue weighted by atomic mass is 16.5. The van der Waals surface area contributed by atoms with Crippen LogP contribution in [0.5, 0.6) is 0 Å². The lowest BCUT2D eigenvalue weighted by Crippen LogP contribution is -2.11. The Morgan fingerprint density at radius 2 is 2.06 bits per heavy atom. The van der Waals surface area contributed by atoms with Crippen molar-refractivity contribution in [2.24, 2.45) is 5.73 Å². The zero-order valence-electron chi connectivity index (χ0n) is 9.48. The summed E-state index contributed by atoms with van der Waals surface area (Å²) in [6, 6.07) is 9.74. The molecule has 0 aromatic heterocycles. The van der Waals surface area contributed by atoms with Crippen LogP contribution in [-0.4, -0.2) is 26.2 Å². The molecule has 1 rings (SSSR count). The van der Waals surface area contributed by atoms with Crippen molar-refractivity contribution in [3.05, 3.63) is 43.0 Å². The lowest BCUT2D eigenvalue weighted by molar-refractivity contribution is -0.137. The third-order valence-electron chi connectivity index (χ3n) is 1.62. The van der Waals surface area contributed by atoms with E-state index in [-0.39, 0.29) is 5.97 Å². The molecule has 1 aromatic rings. The molecule has 1 aromatic carbocycles. The fourth-order valence-corrected chi connectivity index (χ4v) is 0.962. The zero-order chi connectivity index (χ0) is 12.2. The third-order valence-corrected chi connectivity index (χ3v) is 1.62. The molecule has 0 aliphatic heterocycles. The first-order valence-corrected chi connectivity index (χ1v) is 4.99. The number of rotatable bonds is 5. The van der Waals surface area contributed by atoms with Crippen molar-refractivity contribution in [1.29, 1.82) is 0 Å². The molecule has 88 valence electrons. The van der Waals surface area contributed by atoms with Gasteiger partial charge in [0.25, 0.3) is 0 Å². The van der Waals surface area contributed by atoms with Crippen LogP contribution < -0.4 is 11.1 Å². The Morgan fingerprint density at radius 3 is 2.62 bits per heavy atom. The summed E-state index contributed by atoms with van der Waals surface area (Å²) in [6.45, 7) is 4.25. The molecule has 0 saturated carbocycles. The van der Waals surface area contributed by atoms with Crippen LogP contribution in [0.25, 0.3) is 0 Å². The highest BCUT2D eigenvalue weighted by Crippen LogP contribution is 2.03. The Bertz CT molecular complexity index is 299. The van der Waals surface area contributed by atoms with Gasteiger partial charge in [-0.15, -0.1) is 0 Å². The molecule has 4 heteroatoms. The van der Waals surface area contributed by atoms with Crippen molar-refractivity contribution in [3.8, 4) is 0 Å². The second-order valence-electron chi connectivity index (χ2n) is 2.66. The van der Waals surface area contributed by atoms with Crippen LogP contribution in [0.15, 0.2) is 43.0 Å². The number of hydrogen-bond donors (Lipinski definition) is 2. The molecule has 0 fully saturated rings. The van der Waals surface area contributed by atoms with Crippen LogP contribution in [0.4, 0.5) is 5.69 Å². The van der Waals surface area contributed by atoms with Crippen molar-refractivity contribution in [2.75, 3.05) is 25.5 Å². The summed E-state index contributed by atoms with van der Waals surface area (Å²) in [4.78, 5) is 10.7. The van der Waals surface area contributed by atoms with Crippen molar-refractivity contribution in [2.45, 2.75) is 0 Å². The molecule has 0 spiro atoms. The van der Waals surface area contributed by atoms with E-state index < -0.39 is 0 Å². The predicted octanol–water partition coefficient (Wildman–Crippen LogP) is 1.40. The van der Waals surface area contributed by atoms with Gasteiger partial charge >= 0.3 is 5.97 Å². The van der Waals surface area contributed by atoms with Gasteiger partial charge in [0, 0.05) is 18.3 Å². The van der Waals surface area contributed by atoms with Crippen LogP contribution >= 0.6 is 0 Å². The topological polar surface area (TPSA) is 64.3 Å². The molecule has 0 saturated heterocycles. The van der Waals surface area contributed by atoms with E-state index in [1.165, 1.54) is 7.05 Å². The van der Waals surface area contributed by atoms with Gasteiger partial charge in [-0.25, -0.2) is 4.79 Å². The minimum absolute atomic E-state index is 0.347. The minimum Gasteiger partial charge on any atom is -0.461 e. The first kappa shape index (κ1) is 14.2. The lowest BCUT2D eigenvalue weighted by atomic mass is 10.3. The van der Waals surface area contributed by atoms with Gasteiger partial charge < -0.3 is 15.8 Å². The summed E-state index contributed by atoms with van der Waals surface area (Å²) in [5.41, 5.74) is 5.52. The third kappa shape index (κ3) is 6.62. The van der Waals surface area contributed by atoms with Gasteiger partial charge in [0.05, 0.1) is 0 Å². The average Bonchev–Trinajstić information content (AvgIpc) is 2.38. The summed E-state index contributed by atoms with van der Waals surface area (Å²) >= 11 is 0. The summed E-state index contributed by atoms with van der Waals surface area (Å²) in [6.07, 6.45) is 1.16. The number of ether oxygens (including phenoxy) is 1. The van der Waals surface area contributed by atoms with Gasteiger partial charge in [0.15, 0.2) is 0 Å². The van der Waals surface area contributed by atoms with E-state index in [1.54, 1.807) is 0 Å².